The van der Waals surface area contributed by atoms with Crippen LogP contribution in [0, 0.1) is 0 Å². The smallest absolute Gasteiger partial charge is 0.215 e. The van der Waals surface area contributed by atoms with Crippen LogP contribution in [0.2, 0.25) is 39.3 Å². The molecule has 0 heterocycles. The Labute approximate surface area is 85.3 Å². The zero-order chi connectivity index (χ0) is 11.3. The molecular weight excluding hydrogens is 215 g/mol. The van der Waals surface area contributed by atoms with Gasteiger partial charge < -0.3 is 0 Å². The highest BCUT2D eigenvalue weighted by Crippen LogP contribution is 2.38. The lowest BCUT2D eigenvalue weighted by atomic mass is 11.3. The summed E-state index contributed by atoms with van der Waals surface area (Å²) in [4.78, 5) is 0. The van der Waals surface area contributed by atoms with Gasteiger partial charge in [0.05, 0.1) is 0 Å². The monoisotopic (exact) mass is 237 g/mol. The Balaban J connectivity index is 0. The van der Waals surface area contributed by atoms with Gasteiger partial charge in [-0.25, -0.2) is 4.21 Å². The minimum atomic E-state index is -1.58. The van der Waals surface area contributed by atoms with E-state index in [1.54, 1.807) is 0 Å². The summed E-state index contributed by atoms with van der Waals surface area (Å²) in [5.74, 6) is 0. The van der Waals surface area contributed by atoms with Crippen molar-refractivity contribution >= 4 is 23.6 Å². The van der Waals surface area contributed by atoms with E-state index in [1.165, 1.54) is 0 Å². The van der Waals surface area contributed by atoms with Gasteiger partial charge in [-0.15, -0.1) is 13.2 Å². The molecule has 0 aliphatic heterocycles. The molecule has 2 nitrogen and oxygen atoms in total. The quantitative estimate of drug-likeness (QED) is 0.417. The van der Waals surface area contributed by atoms with Crippen molar-refractivity contribution in [2.45, 2.75) is 39.3 Å². The van der Waals surface area contributed by atoms with E-state index in [0.29, 0.717) is 0 Å². The van der Waals surface area contributed by atoms with Crippen LogP contribution in [0.5, 0.6) is 0 Å². The molecule has 0 aromatic rings. The Bertz CT molecular complexity index is 170. The van der Waals surface area contributed by atoms with Crippen molar-refractivity contribution in [1.82, 2.24) is 0 Å². The first-order valence-electron chi connectivity index (χ1n) is 4.29. The zero-order valence-electron chi connectivity index (χ0n) is 9.68. The average molecular weight is 237 g/mol. The highest BCUT2D eigenvalue weighted by atomic mass is 31.4. The van der Waals surface area contributed by atoms with E-state index in [2.05, 4.69) is 52.4 Å². The van der Waals surface area contributed by atoms with Crippen molar-refractivity contribution in [3.8, 4) is 0 Å². The molecule has 0 aliphatic rings. The fraction of sp³-hybridized carbons (Fsp3) is 0.750. The molecule has 0 aliphatic carbocycles. The van der Waals surface area contributed by atoms with Gasteiger partial charge in [0.2, 0.25) is 0 Å². The topological polar surface area (TPSA) is 26.3 Å². The Morgan fingerprint density at radius 1 is 1.00 bits per heavy atom. The van der Waals surface area contributed by atoms with Gasteiger partial charge in [-0.1, -0.05) is 4.57 Å². The summed E-state index contributed by atoms with van der Waals surface area (Å²) in [6.07, 6.45) is 0. The van der Waals surface area contributed by atoms with Gasteiger partial charge in [-0.3, -0.25) is 0 Å². The molecule has 5 heteroatoms. The van der Waals surface area contributed by atoms with Gasteiger partial charge in [-0.05, 0) is 39.3 Å². The summed E-state index contributed by atoms with van der Waals surface area (Å²) in [7, 11) is -4.49. The summed E-state index contributed by atoms with van der Waals surface area (Å²) in [5.41, 5.74) is 0. The molecule has 1 unspecified atom stereocenters. The largest absolute Gasteiger partial charge is 0.419 e. The number of hydrogen-bond acceptors (Lipinski definition) is 2. The minimum absolute atomic E-state index is 1.36. The number of rotatable bonds is 3. The summed E-state index contributed by atoms with van der Waals surface area (Å²) < 4.78 is 17.0. The lowest BCUT2D eigenvalue weighted by Gasteiger charge is -2.10. The first-order valence-corrected chi connectivity index (χ1v) is 13.2. The Kier molecular flexibility index (Phi) is 7.07. The molecule has 0 bridgehead atoms. The third kappa shape index (κ3) is 10.2. The first kappa shape index (κ1) is 15.7. The lowest BCUT2D eigenvalue weighted by molar-refractivity contribution is 0.517. The predicted molar refractivity (Wildman–Crippen MR) is 66.6 cm³/mol. The SMILES string of the molecule is C=C.C[Si](C)(C)O[P+](=O)[Si](C)(C)C. The van der Waals surface area contributed by atoms with E-state index in [0.717, 1.165) is 0 Å². The van der Waals surface area contributed by atoms with Gasteiger partial charge in [0, 0.05) is 0 Å². The molecule has 0 rings (SSSR count). The second kappa shape index (κ2) is 5.86. The van der Waals surface area contributed by atoms with E-state index in [9.17, 15) is 4.57 Å². The molecule has 0 aromatic heterocycles. The Hall–Kier alpha value is 0.234. The molecule has 13 heavy (non-hydrogen) atoms. The second-order valence-electron chi connectivity index (χ2n) is 4.63. The normalized spacial score (nSPS) is 12.9. The molecule has 0 spiro atoms. The summed E-state index contributed by atoms with van der Waals surface area (Å²) in [6, 6.07) is 0. The van der Waals surface area contributed by atoms with Crippen LogP contribution in [0.1, 0.15) is 0 Å². The van der Waals surface area contributed by atoms with Gasteiger partial charge >= 0.3 is 15.3 Å². The fourth-order valence-electron chi connectivity index (χ4n) is 0.386. The molecule has 78 valence electrons. The van der Waals surface area contributed by atoms with Gasteiger partial charge in [0.1, 0.15) is 0 Å². The third-order valence-corrected chi connectivity index (χ3v) is 8.96. The third-order valence-electron chi connectivity index (χ3n) is 0.904. The minimum Gasteiger partial charge on any atom is -0.215 e. The highest BCUT2D eigenvalue weighted by molar-refractivity contribution is 7.83. The first-order chi connectivity index (χ1) is 5.63. The van der Waals surface area contributed by atoms with Crippen molar-refractivity contribution in [1.29, 1.82) is 0 Å². The van der Waals surface area contributed by atoms with Crippen LogP contribution < -0.4 is 0 Å². The summed E-state index contributed by atoms with van der Waals surface area (Å²) in [6.45, 7) is 18.4. The lowest BCUT2D eigenvalue weighted by Crippen LogP contribution is -2.26. The Morgan fingerprint density at radius 2 is 1.31 bits per heavy atom. The van der Waals surface area contributed by atoms with Gasteiger partial charge in [0.15, 0.2) is 0 Å². The molecule has 0 aromatic carbocycles. The summed E-state index contributed by atoms with van der Waals surface area (Å²) in [5, 5.41) is 0. The maximum Gasteiger partial charge on any atom is 0.419 e. The van der Waals surface area contributed by atoms with Crippen molar-refractivity contribution in [3.63, 3.8) is 0 Å². The standard InChI is InChI=1S/C6H18O2PSi2.C2H4/c1-10(2,3)8-9(7)11(4,5)6;1-2/h1-6H3;1-2H2/q+1;. The van der Waals surface area contributed by atoms with Crippen LogP contribution in [-0.2, 0) is 8.78 Å². The number of hydrogen-bond donors (Lipinski definition) is 0. The van der Waals surface area contributed by atoms with Crippen LogP contribution in [0.4, 0.5) is 0 Å². The van der Waals surface area contributed by atoms with E-state index in [-0.39, 0.29) is 0 Å². The maximum absolute atomic E-state index is 11.5. The predicted octanol–water partition coefficient (Wildman–Crippen LogP) is 4.22. The molecule has 1 atom stereocenters. The highest BCUT2D eigenvalue weighted by Gasteiger charge is 2.44. The van der Waals surface area contributed by atoms with Crippen LogP contribution in [0.25, 0.3) is 0 Å². The molecule has 0 saturated heterocycles. The van der Waals surface area contributed by atoms with E-state index >= 15 is 0 Å². The van der Waals surface area contributed by atoms with Gasteiger partial charge in [-0.2, -0.15) is 0 Å². The average Bonchev–Trinajstić information content (AvgIpc) is 1.86. The molecule has 0 saturated carbocycles. The van der Waals surface area contributed by atoms with Crippen LogP contribution in [-0.4, -0.2) is 16.1 Å². The Morgan fingerprint density at radius 3 is 1.38 bits per heavy atom. The van der Waals surface area contributed by atoms with E-state index in [1.807, 2.05) is 0 Å². The maximum atomic E-state index is 11.5. The molecule has 0 N–H and O–H groups in total. The molecule has 0 fully saturated rings. The van der Waals surface area contributed by atoms with Crippen molar-refractivity contribution in [2.24, 2.45) is 0 Å². The summed E-state index contributed by atoms with van der Waals surface area (Å²) >= 11 is 0. The van der Waals surface area contributed by atoms with Crippen LogP contribution in [0.15, 0.2) is 13.2 Å². The van der Waals surface area contributed by atoms with E-state index in [4.69, 9.17) is 4.21 Å². The molecule has 0 radical (unpaired) electrons. The van der Waals surface area contributed by atoms with Crippen molar-refractivity contribution in [2.75, 3.05) is 0 Å². The van der Waals surface area contributed by atoms with Gasteiger partial charge in [0.25, 0.3) is 8.32 Å². The molecular formula is C8H22O2PSi2+. The fourth-order valence-corrected chi connectivity index (χ4v) is 8.40. The molecule has 0 amide bonds. The van der Waals surface area contributed by atoms with Crippen LogP contribution in [0.3, 0.4) is 0 Å². The van der Waals surface area contributed by atoms with Crippen molar-refractivity contribution < 1.29 is 8.78 Å². The second-order valence-corrected chi connectivity index (χ2v) is 19.6. The zero-order valence-corrected chi connectivity index (χ0v) is 12.6. The van der Waals surface area contributed by atoms with Crippen molar-refractivity contribution in [3.05, 3.63) is 13.2 Å². The van der Waals surface area contributed by atoms with Crippen LogP contribution >= 0.6 is 7.58 Å². The van der Waals surface area contributed by atoms with E-state index < -0.39 is 23.6 Å².